The Hall–Kier alpha value is -2.13. The lowest BCUT2D eigenvalue weighted by Crippen LogP contribution is -2.63. The topological polar surface area (TPSA) is 76.2 Å². The fourth-order valence-electron chi connectivity index (χ4n) is 5.55. The van der Waals surface area contributed by atoms with Gasteiger partial charge in [0, 0.05) is 23.7 Å². The third-order valence-electron chi connectivity index (χ3n) is 7.85. The molecule has 0 radical (unpaired) electrons. The molecule has 9 heteroatoms. The highest BCUT2D eigenvalue weighted by atomic mass is 19.4. The van der Waals surface area contributed by atoms with E-state index in [2.05, 4.69) is 21.9 Å². The molecule has 3 unspecified atom stereocenters. The van der Waals surface area contributed by atoms with Gasteiger partial charge >= 0.3 is 6.18 Å². The third kappa shape index (κ3) is 5.40. The summed E-state index contributed by atoms with van der Waals surface area (Å²) in [6.45, 7) is 7.95. The zero-order valence-corrected chi connectivity index (χ0v) is 19.9. The molecule has 4 fully saturated rings. The van der Waals surface area contributed by atoms with E-state index in [4.69, 9.17) is 5.73 Å². The van der Waals surface area contributed by atoms with E-state index in [0.717, 1.165) is 22.7 Å². The minimum Gasteiger partial charge on any atom is -0.364 e. The van der Waals surface area contributed by atoms with Crippen LogP contribution in [0.1, 0.15) is 67.2 Å². The van der Waals surface area contributed by atoms with Crippen LogP contribution in [0.3, 0.4) is 0 Å². The van der Waals surface area contributed by atoms with Crippen LogP contribution in [-0.4, -0.2) is 58.0 Å². The molecule has 4 aliphatic rings. The molecule has 1 amide bonds. The molecule has 2 aliphatic heterocycles. The molecule has 0 aromatic carbocycles. The Morgan fingerprint density at radius 1 is 1.29 bits per heavy atom. The van der Waals surface area contributed by atoms with Crippen molar-refractivity contribution in [3.8, 4) is 0 Å². The predicted octanol–water partition coefficient (Wildman–Crippen LogP) is 3.92. The Labute approximate surface area is 199 Å². The predicted molar refractivity (Wildman–Crippen MR) is 126 cm³/mol. The summed E-state index contributed by atoms with van der Waals surface area (Å²) in [6.07, 6.45) is 9.13. The number of nitrogens with two attached hydrogens (primary N) is 1. The number of hydrogen-bond donors (Lipinski definition) is 2. The van der Waals surface area contributed by atoms with Crippen molar-refractivity contribution < 1.29 is 18.0 Å². The number of carbonyl (C=O) groups excluding carboxylic acids is 1. The van der Waals surface area contributed by atoms with Gasteiger partial charge in [-0.15, -0.1) is 6.58 Å². The number of rotatable bonds is 9. The van der Waals surface area contributed by atoms with Gasteiger partial charge in [0.15, 0.2) is 5.69 Å². The lowest BCUT2D eigenvalue weighted by Gasteiger charge is -2.58. The van der Waals surface area contributed by atoms with Crippen molar-refractivity contribution in [3.63, 3.8) is 0 Å². The summed E-state index contributed by atoms with van der Waals surface area (Å²) in [7, 11) is 0. The fourth-order valence-corrected chi connectivity index (χ4v) is 5.55. The standard InChI is InChI=1S/C17H23F3N4O.C8H13N/c1-3-4-13-14(8-5-11(2)22-9-12-6-7-12)24(10-17(18,19)20)23-15(13)16(21)25;1-3-8-4-6-9(8)5-2-7(1)8/h3,5,8,11-12,22H,1,4,6-7,9-10H2,2H3,(H2,21,25);7H,1-6H2/b8-5-;. The van der Waals surface area contributed by atoms with E-state index in [-0.39, 0.29) is 23.9 Å². The molecular weight excluding hydrogens is 443 g/mol. The highest BCUT2D eigenvalue weighted by Crippen LogP contribution is 2.57. The molecule has 5 rings (SSSR count). The minimum absolute atomic E-state index is 0.0107. The van der Waals surface area contributed by atoms with Gasteiger partial charge in [-0.05, 0) is 82.9 Å². The number of aromatic nitrogens is 2. The molecule has 3 N–H and O–H groups in total. The molecule has 2 saturated carbocycles. The summed E-state index contributed by atoms with van der Waals surface area (Å²) in [4.78, 5) is 14.3. The van der Waals surface area contributed by atoms with Gasteiger partial charge in [-0.2, -0.15) is 18.3 Å². The maximum atomic E-state index is 12.8. The summed E-state index contributed by atoms with van der Waals surface area (Å²) in [5.41, 5.74) is 6.51. The molecule has 34 heavy (non-hydrogen) atoms. The Morgan fingerprint density at radius 3 is 2.53 bits per heavy atom. The summed E-state index contributed by atoms with van der Waals surface area (Å²) in [5, 5.41) is 7.09. The first-order valence-electron chi connectivity index (χ1n) is 12.4. The maximum absolute atomic E-state index is 12.8. The van der Waals surface area contributed by atoms with E-state index in [1.54, 1.807) is 12.2 Å². The summed E-state index contributed by atoms with van der Waals surface area (Å²) >= 11 is 0. The number of allylic oxidation sites excluding steroid dienone is 1. The van der Waals surface area contributed by atoms with Gasteiger partial charge in [-0.3, -0.25) is 14.4 Å². The second kappa shape index (κ2) is 9.85. The van der Waals surface area contributed by atoms with Crippen LogP contribution in [0.25, 0.3) is 6.08 Å². The van der Waals surface area contributed by atoms with E-state index < -0.39 is 18.6 Å². The molecule has 3 atom stereocenters. The SMILES string of the molecule is C1CN2CCC23CCC13.C=CCc1c(C(N)=O)nn(CC(F)(F)F)c1/C=C\C(C)NCC1CC1. The van der Waals surface area contributed by atoms with Crippen molar-refractivity contribution >= 4 is 12.0 Å². The van der Waals surface area contributed by atoms with E-state index in [1.807, 2.05) is 6.92 Å². The second-order valence-corrected chi connectivity index (χ2v) is 10.2. The zero-order valence-electron chi connectivity index (χ0n) is 19.9. The van der Waals surface area contributed by atoms with Crippen LogP contribution in [0.5, 0.6) is 0 Å². The highest BCUT2D eigenvalue weighted by Gasteiger charge is 2.59. The van der Waals surface area contributed by atoms with E-state index in [1.165, 1.54) is 57.7 Å². The molecule has 1 spiro atoms. The Balaban J connectivity index is 0.000000246. The quantitative estimate of drug-likeness (QED) is 0.527. The van der Waals surface area contributed by atoms with Crippen molar-refractivity contribution in [3.05, 3.63) is 35.7 Å². The average Bonchev–Trinajstić information content (AvgIpc) is 3.46. The minimum atomic E-state index is -4.45. The molecular formula is C25H36F3N5O. The second-order valence-electron chi connectivity index (χ2n) is 10.2. The maximum Gasteiger partial charge on any atom is 0.408 e. The van der Waals surface area contributed by atoms with Gasteiger partial charge in [-0.25, -0.2) is 0 Å². The summed E-state index contributed by atoms with van der Waals surface area (Å²) < 4.78 is 39.3. The zero-order chi connectivity index (χ0) is 24.5. The molecule has 2 saturated heterocycles. The lowest BCUT2D eigenvalue weighted by molar-refractivity contribution is -0.142. The normalized spacial score (nSPS) is 26.6. The van der Waals surface area contributed by atoms with Crippen LogP contribution in [0.4, 0.5) is 13.2 Å². The third-order valence-corrected chi connectivity index (χ3v) is 7.85. The monoisotopic (exact) mass is 479 g/mol. The average molecular weight is 480 g/mol. The van der Waals surface area contributed by atoms with Crippen molar-refractivity contribution in [2.45, 2.75) is 76.2 Å². The largest absolute Gasteiger partial charge is 0.408 e. The number of halogens is 3. The van der Waals surface area contributed by atoms with Gasteiger partial charge in [-0.1, -0.05) is 12.2 Å². The molecule has 3 heterocycles. The first kappa shape index (κ1) is 25.0. The van der Waals surface area contributed by atoms with Gasteiger partial charge < -0.3 is 11.1 Å². The molecule has 0 bridgehead atoms. The number of primary amides is 1. The van der Waals surface area contributed by atoms with Gasteiger partial charge in [0.2, 0.25) is 0 Å². The molecule has 2 aliphatic carbocycles. The number of hydrogen-bond acceptors (Lipinski definition) is 4. The number of nitrogens with zero attached hydrogens (tertiary/aromatic N) is 3. The van der Waals surface area contributed by atoms with Crippen molar-refractivity contribution in [1.82, 2.24) is 20.0 Å². The van der Waals surface area contributed by atoms with Crippen LogP contribution in [-0.2, 0) is 13.0 Å². The van der Waals surface area contributed by atoms with Crippen LogP contribution < -0.4 is 11.1 Å². The van der Waals surface area contributed by atoms with E-state index in [9.17, 15) is 18.0 Å². The molecule has 1 aromatic heterocycles. The Kier molecular flexibility index (Phi) is 7.24. The number of alkyl halides is 3. The smallest absolute Gasteiger partial charge is 0.364 e. The van der Waals surface area contributed by atoms with Gasteiger partial charge in [0.1, 0.15) is 6.54 Å². The first-order chi connectivity index (χ1) is 16.1. The van der Waals surface area contributed by atoms with Crippen molar-refractivity contribution in [2.24, 2.45) is 17.6 Å². The summed E-state index contributed by atoms with van der Waals surface area (Å²) in [6, 6.07) is -0.0107. The van der Waals surface area contributed by atoms with E-state index in [0.29, 0.717) is 11.5 Å². The van der Waals surface area contributed by atoms with Crippen LogP contribution >= 0.6 is 0 Å². The van der Waals surface area contributed by atoms with Crippen LogP contribution in [0, 0.1) is 11.8 Å². The first-order valence-corrected chi connectivity index (χ1v) is 12.4. The van der Waals surface area contributed by atoms with Crippen molar-refractivity contribution in [1.29, 1.82) is 0 Å². The highest BCUT2D eigenvalue weighted by molar-refractivity contribution is 5.93. The summed E-state index contributed by atoms with van der Waals surface area (Å²) in [5.74, 6) is 0.975. The Bertz CT molecular complexity index is 916. The number of amides is 1. The van der Waals surface area contributed by atoms with Crippen molar-refractivity contribution in [2.75, 3.05) is 19.6 Å². The molecule has 6 nitrogen and oxygen atoms in total. The lowest BCUT2D eigenvalue weighted by atomic mass is 9.62. The fraction of sp³-hybridized carbons (Fsp3) is 0.680. The van der Waals surface area contributed by atoms with Gasteiger partial charge in [0.05, 0.1) is 5.69 Å². The van der Waals surface area contributed by atoms with E-state index >= 15 is 0 Å². The molecule has 1 aromatic rings. The van der Waals surface area contributed by atoms with Gasteiger partial charge in [0.25, 0.3) is 5.91 Å². The number of nitrogens with one attached hydrogen (secondary N) is 1. The molecule has 188 valence electrons. The van der Waals surface area contributed by atoms with Crippen LogP contribution in [0.2, 0.25) is 0 Å². The Morgan fingerprint density at radius 2 is 2.06 bits per heavy atom. The van der Waals surface area contributed by atoms with Crippen LogP contribution in [0.15, 0.2) is 18.7 Å². The number of carbonyl (C=O) groups is 1.